The molecule has 0 radical (unpaired) electrons. The molecule has 0 saturated carbocycles. The standard InChI is InChI=1S/C20H24N6O9S2/c1-20(2,3)17(30)35-7-34-16(29)12-8(4-33-19(22)31)5-36-15-11(14(28)26(12)15)24-13(27)10(25-32)9-6-37-18(21)23-9/h6,11,15,32H,4-5,7H2,1-3H3,(H2,21,23)(H2,22,31)(H,24,27)/t11?,15-/m1/s1. The SMILES string of the molecule is CC(C)(C)C(=O)OCOC(=O)C1=C(COC(N)=O)CS[C@@H]2C(NC(=O)C(=NO)c3csc(N)n3)C(=O)N12. The fourth-order valence-corrected chi connectivity index (χ4v) is 5.06. The number of thioether (sulfide) groups is 1. The van der Waals surface area contributed by atoms with Gasteiger partial charge in [-0.2, -0.15) is 0 Å². The summed E-state index contributed by atoms with van der Waals surface area (Å²) in [5.74, 6) is -3.09. The van der Waals surface area contributed by atoms with E-state index in [9.17, 15) is 29.2 Å². The van der Waals surface area contributed by atoms with Crippen LogP contribution in [-0.4, -0.2) is 81.2 Å². The third kappa shape index (κ3) is 6.11. The Morgan fingerprint density at radius 1 is 1.27 bits per heavy atom. The summed E-state index contributed by atoms with van der Waals surface area (Å²) < 4.78 is 14.8. The molecule has 2 aliphatic rings. The number of nitrogens with one attached hydrogen (secondary N) is 1. The highest BCUT2D eigenvalue weighted by Gasteiger charge is 2.55. The lowest BCUT2D eigenvalue weighted by Gasteiger charge is -2.49. The smallest absolute Gasteiger partial charge is 0.404 e. The second kappa shape index (κ2) is 11.0. The second-order valence-corrected chi connectivity index (χ2v) is 10.7. The van der Waals surface area contributed by atoms with Crippen LogP contribution < -0.4 is 16.8 Å². The molecular formula is C20H24N6O9S2. The van der Waals surface area contributed by atoms with Crippen LogP contribution in [-0.2, 0) is 33.4 Å². The van der Waals surface area contributed by atoms with Gasteiger partial charge in [0.15, 0.2) is 10.8 Å². The number of β-lactam (4-membered cyclic amide) rings is 1. The largest absolute Gasteiger partial charge is 0.445 e. The van der Waals surface area contributed by atoms with E-state index in [1.54, 1.807) is 20.8 Å². The maximum absolute atomic E-state index is 13.0. The predicted molar refractivity (Wildman–Crippen MR) is 129 cm³/mol. The van der Waals surface area contributed by atoms with Crippen LogP contribution in [0, 0.1) is 5.41 Å². The fourth-order valence-electron chi connectivity index (χ4n) is 3.18. The van der Waals surface area contributed by atoms with Gasteiger partial charge in [0.05, 0.1) is 5.41 Å². The maximum Gasteiger partial charge on any atom is 0.404 e. The predicted octanol–water partition coefficient (Wildman–Crippen LogP) is -0.257. The summed E-state index contributed by atoms with van der Waals surface area (Å²) in [6.07, 6.45) is -1.09. The first-order valence-corrected chi connectivity index (χ1v) is 12.5. The van der Waals surface area contributed by atoms with Crippen molar-refractivity contribution in [1.82, 2.24) is 15.2 Å². The van der Waals surface area contributed by atoms with Crippen LogP contribution in [0.15, 0.2) is 21.8 Å². The molecule has 37 heavy (non-hydrogen) atoms. The lowest BCUT2D eigenvalue weighted by Crippen LogP contribution is -2.71. The lowest BCUT2D eigenvalue weighted by molar-refractivity contribution is -0.173. The topological polar surface area (TPSA) is 226 Å². The first-order chi connectivity index (χ1) is 17.3. The highest BCUT2D eigenvalue weighted by Crippen LogP contribution is 2.40. The number of hydrogen-bond donors (Lipinski definition) is 4. The normalized spacial score (nSPS) is 19.5. The number of nitrogens with two attached hydrogens (primary N) is 2. The van der Waals surface area contributed by atoms with Gasteiger partial charge in [0, 0.05) is 16.7 Å². The minimum atomic E-state index is -1.09. The number of oxime groups is 1. The number of thiazole rings is 1. The number of nitrogens with zero attached hydrogens (tertiary/aromatic N) is 3. The summed E-state index contributed by atoms with van der Waals surface area (Å²) in [4.78, 5) is 66.5. The van der Waals surface area contributed by atoms with Gasteiger partial charge in [0.1, 0.15) is 29.4 Å². The van der Waals surface area contributed by atoms with E-state index in [0.29, 0.717) is 0 Å². The Balaban J connectivity index is 1.75. The molecule has 1 aromatic heterocycles. The van der Waals surface area contributed by atoms with Gasteiger partial charge in [0.25, 0.3) is 11.8 Å². The van der Waals surface area contributed by atoms with E-state index in [-0.39, 0.29) is 27.8 Å². The molecule has 2 atom stereocenters. The minimum Gasteiger partial charge on any atom is -0.445 e. The van der Waals surface area contributed by atoms with Gasteiger partial charge in [-0.15, -0.1) is 23.1 Å². The van der Waals surface area contributed by atoms with Crippen molar-refractivity contribution in [1.29, 1.82) is 0 Å². The Hall–Kier alpha value is -3.86. The number of fused-ring (bicyclic) bond motifs is 1. The first kappa shape index (κ1) is 27.7. The monoisotopic (exact) mass is 556 g/mol. The van der Waals surface area contributed by atoms with Gasteiger partial charge in [-0.3, -0.25) is 19.3 Å². The molecule has 2 aliphatic heterocycles. The van der Waals surface area contributed by atoms with Crippen molar-refractivity contribution in [2.45, 2.75) is 32.2 Å². The van der Waals surface area contributed by atoms with Crippen LogP contribution in [0.1, 0.15) is 26.5 Å². The number of hydrogen-bond acceptors (Lipinski definition) is 14. The second-order valence-electron chi connectivity index (χ2n) is 8.67. The highest BCUT2D eigenvalue weighted by molar-refractivity contribution is 8.00. The molecule has 0 aliphatic carbocycles. The van der Waals surface area contributed by atoms with Crippen molar-refractivity contribution in [3.63, 3.8) is 0 Å². The number of nitrogen functional groups attached to an aromatic ring is 1. The Bertz CT molecular complexity index is 1190. The van der Waals surface area contributed by atoms with E-state index in [0.717, 1.165) is 16.2 Å². The average Bonchev–Trinajstić information content (AvgIpc) is 3.25. The van der Waals surface area contributed by atoms with Gasteiger partial charge in [-0.05, 0) is 20.8 Å². The average molecular weight is 557 g/mol. The van der Waals surface area contributed by atoms with Crippen LogP contribution in [0.2, 0.25) is 0 Å². The van der Waals surface area contributed by atoms with Crippen molar-refractivity contribution in [2.24, 2.45) is 16.3 Å². The molecule has 0 bridgehead atoms. The van der Waals surface area contributed by atoms with Crippen molar-refractivity contribution >= 4 is 63.8 Å². The molecule has 17 heteroatoms. The van der Waals surface area contributed by atoms with Crippen LogP contribution in [0.3, 0.4) is 0 Å². The van der Waals surface area contributed by atoms with E-state index in [1.165, 1.54) is 17.1 Å². The zero-order valence-electron chi connectivity index (χ0n) is 19.9. The van der Waals surface area contributed by atoms with Crippen molar-refractivity contribution in [3.05, 3.63) is 22.3 Å². The van der Waals surface area contributed by atoms with Crippen LogP contribution in [0.25, 0.3) is 0 Å². The van der Waals surface area contributed by atoms with E-state index in [1.807, 2.05) is 0 Å². The van der Waals surface area contributed by atoms with Crippen LogP contribution in [0.4, 0.5) is 9.93 Å². The molecular weight excluding hydrogens is 532 g/mol. The summed E-state index contributed by atoms with van der Waals surface area (Å²) >= 11 is 2.19. The lowest BCUT2D eigenvalue weighted by atomic mass is 9.98. The van der Waals surface area contributed by atoms with Gasteiger partial charge < -0.3 is 36.2 Å². The third-order valence-electron chi connectivity index (χ3n) is 4.99. The highest BCUT2D eigenvalue weighted by atomic mass is 32.2. The first-order valence-electron chi connectivity index (χ1n) is 10.5. The van der Waals surface area contributed by atoms with Gasteiger partial charge in [-0.25, -0.2) is 14.6 Å². The molecule has 3 rings (SSSR count). The Morgan fingerprint density at radius 2 is 1.97 bits per heavy atom. The number of aromatic nitrogens is 1. The number of carbonyl (C=O) groups excluding carboxylic acids is 5. The summed E-state index contributed by atoms with van der Waals surface area (Å²) in [7, 11) is 0. The molecule has 0 aromatic carbocycles. The minimum absolute atomic E-state index is 0.0160. The molecule has 1 unspecified atom stereocenters. The quantitative estimate of drug-likeness (QED) is 0.0811. The molecule has 6 N–H and O–H groups in total. The maximum atomic E-state index is 13.0. The summed E-state index contributed by atoms with van der Waals surface area (Å²) in [5.41, 5.74) is 9.30. The number of carbonyl (C=O) groups is 5. The molecule has 3 heterocycles. The van der Waals surface area contributed by atoms with Crippen LogP contribution >= 0.6 is 23.1 Å². The summed E-state index contributed by atoms with van der Waals surface area (Å²) in [6.45, 7) is 3.74. The summed E-state index contributed by atoms with van der Waals surface area (Å²) in [6, 6.07) is -1.09. The molecule has 1 saturated heterocycles. The Morgan fingerprint density at radius 3 is 2.54 bits per heavy atom. The number of amides is 3. The summed E-state index contributed by atoms with van der Waals surface area (Å²) in [5, 5.41) is 15.5. The Kier molecular flexibility index (Phi) is 8.27. The zero-order chi connectivity index (χ0) is 27.5. The molecule has 3 amide bonds. The van der Waals surface area contributed by atoms with Crippen LogP contribution in [0.5, 0.6) is 0 Å². The van der Waals surface area contributed by atoms with Gasteiger partial charge in [-0.1, -0.05) is 5.16 Å². The van der Waals surface area contributed by atoms with Crippen molar-refractivity contribution in [2.75, 3.05) is 24.9 Å². The van der Waals surface area contributed by atoms with E-state index < -0.39 is 65.8 Å². The van der Waals surface area contributed by atoms with E-state index in [2.05, 4.69) is 15.5 Å². The molecule has 1 fully saturated rings. The van der Waals surface area contributed by atoms with Crippen molar-refractivity contribution < 1.29 is 43.4 Å². The number of primary amides is 1. The van der Waals surface area contributed by atoms with E-state index >= 15 is 0 Å². The van der Waals surface area contributed by atoms with Gasteiger partial charge in [0.2, 0.25) is 6.79 Å². The van der Waals surface area contributed by atoms with Crippen molar-refractivity contribution in [3.8, 4) is 0 Å². The molecule has 0 spiro atoms. The zero-order valence-corrected chi connectivity index (χ0v) is 21.5. The fraction of sp³-hybridized carbons (Fsp3) is 0.450. The Labute approximate surface area is 218 Å². The third-order valence-corrected chi connectivity index (χ3v) is 7.00. The number of esters is 2. The molecule has 1 aromatic rings. The number of anilines is 1. The number of rotatable bonds is 8. The van der Waals surface area contributed by atoms with E-state index in [4.69, 9.17) is 25.7 Å². The molecule has 200 valence electrons. The number of ether oxygens (including phenoxy) is 3. The van der Waals surface area contributed by atoms with Gasteiger partial charge >= 0.3 is 18.0 Å². The molecule has 15 nitrogen and oxygen atoms in total.